The number of benzene rings is 1. The SMILES string of the molecule is CCNC(=O)c1cc2cccc(Cl)c2nc1C(C)Nc1ncnc(N)c1C#N. The van der Waals surface area contributed by atoms with Crippen LogP contribution < -0.4 is 16.4 Å². The van der Waals surface area contributed by atoms with Crippen LogP contribution in [-0.4, -0.2) is 27.4 Å². The Labute approximate surface area is 166 Å². The highest BCUT2D eigenvalue weighted by Crippen LogP contribution is 2.29. The Morgan fingerprint density at radius 1 is 1.39 bits per heavy atom. The van der Waals surface area contributed by atoms with Crippen molar-refractivity contribution in [2.24, 2.45) is 0 Å². The number of fused-ring (bicyclic) bond motifs is 1. The van der Waals surface area contributed by atoms with Crippen molar-refractivity contribution in [1.82, 2.24) is 20.3 Å². The summed E-state index contributed by atoms with van der Waals surface area (Å²) in [6.07, 6.45) is 1.26. The first-order chi connectivity index (χ1) is 13.5. The van der Waals surface area contributed by atoms with Gasteiger partial charge in [0.2, 0.25) is 0 Å². The van der Waals surface area contributed by atoms with Gasteiger partial charge in [-0.2, -0.15) is 5.26 Å². The highest BCUT2D eigenvalue weighted by Gasteiger charge is 2.21. The Hall–Kier alpha value is -3.44. The van der Waals surface area contributed by atoms with Crippen molar-refractivity contribution in [3.8, 4) is 6.07 Å². The minimum atomic E-state index is -0.459. The van der Waals surface area contributed by atoms with Crippen LogP contribution in [0.4, 0.5) is 11.6 Å². The van der Waals surface area contributed by atoms with Crippen LogP contribution in [0, 0.1) is 11.3 Å². The van der Waals surface area contributed by atoms with Gasteiger partial charge in [-0.25, -0.2) is 15.0 Å². The molecule has 0 fully saturated rings. The van der Waals surface area contributed by atoms with E-state index in [1.165, 1.54) is 6.33 Å². The summed E-state index contributed by atoms with van der Waals surface area (Å²) < 4.78 is 0. The van der Waals surface area contributed by atoms with Crippen LogP contribution in [0.2, 0.25) is 5.02 Å². The van der Waals surface area contributed by atoms with E-state index < -0.39 is 6.04 Å². The first-order valence-electron chi connectivity index (χ1n) is 8.60. The van der Waals surface area contributed by atoms with Crippen LogP contribution in [0.15, 0.2) is 30.6 Å². The second kappa shape index (κ2) is 8.06. The minimum Gasteiger partial charge on any atom is -0.382 e. The van der Waals surface area contributed by atoms with E-state index in [0.29, 0.717) is 28.3 Å². The summed E-state index contributed by atoms with van der Waals surface area (Å²) in [7, 11) is 0. The second-order valence-electron chi connectivity index (χ2n) is 6.05. The van der Waals surface area contributed by atoms with Gasteiger partial charge in [-0.3, -0.25) is 4.79 Å². The molecule has 3 rings (SSSR count). The molecule has 0 saturated heterocycles. The number of nitriles is 1. The summed E-state index contributed by atoms with van der Waals surface area (Å²) in [6.45, 7) is 4.13. The lowest BCUT2D eigenvalue weighted by molar-refractivity contribution is 0.0954. The third-order valence-electron chi connectivity index (χ3n) is 4.16. The van der Waals surface area contributed by atoms with E-state index in [9.17, 15) is 10.1 Å². The predicted molar refractivity (Wildman–Crippen MR) is 108 cm³/mol. The van der Waals surface area contributed by atoms with Crippen molar-refractivity contribution in [3.05, 3.63) is 52.4 Å². The molecular weight excluding hydrogens is 378 g/mol. The third-order valence-corrected chi connectivity index (χ3v) is 4.46. The summed E-state index contributed by atoms with van der Waals surface area (Å²) in [6, 6.07) is 8.67. The van der Waals surface area contributed by atoms with E-state index in [1.54, 1.807) is 18.2 Å². The third kappa shape index (κ3) is 3.66. The van der Waals surface area contributed by atoms with Gasteiger partial charge in [-0.05, 0) is 26.0 Å². The topological polar surface area (TPSA) is 130 Å². The van der Waals surface area contributed by atoms with Crippen molar-refractivity contribution in [3.63, 3.8) is 0 Å². The molecule has 0 aliphatic heterocycles. The van der Waals surface area contributed by atoms with E-state index >= 15 is 0 Å². The van der Waals surface area contributed by atoms with Gasteiger partial charge in [-0.15, -0.1) is 0 Å². The number of halogens is 1. The van der Waals surface area contributed by atoms with Gasteiger partial charge in [-0.1, -0.05) is 23.7 Å². The molecule has 1 unspecified atom stereocenters. The van der Waals surface area contributed by atoms with Gasteiger partial charge < -0.3 is 16.4 Å². The van der Waals surface area contributed by atoms with E-state index in [4.69, 9.17) is 17.3 Å². The highest BCUT2D eigenvalue weighted by molar-refractivity contribution is 6.35. The van der Waals surface area contributed by atoms with Crippen molar-refractivity contribution < 1.29 is 4.79 Å². The van der Waals surface area contributed by atoms with Gasteiger partial charge in [0, 0.05) is 11.9 Å². The Morgan fingerprint density at radius 2 is 2.18 bits per heavy atom. The maximum atomic E-state index is 12.6. The average Bonchev–Trinajstić information content (AvgIpc) is 2.68. The Morgan fingerprint density at radius 3 is 2.89 bits per heavy atom. The standard InChI is InChI=1S/C19H18ClN7O/c1-3-23-19(28)12-7-11-5-4-6-14(20)16(11)27-15(12)10(2)26-18-13(8-21)17(22)24-9-25-18/h4-7,9-10H,3H2,1-2H3,(H,23,28)(H3,22,24,25,26). The number of hydrogen-bond donors (Lipinski definition) is 3. The number of nitrogens with one attached hydrogen (secondary N) is 2. The lowest BCUT2D eigenvalue weighted by Crippen LogP contribution is -2.26. The largest absolute Gasteiger partial charge is 0.382 e. The number of nitrogen functional groups attached to an aromatic ring is 1. The molecule has 2 heterocycles. The quantitative estimate of drug-likeness (QED) is 0.605. The number of nitrogens with two attached hydrogens (primary N) is 1. The Kier molecular flexibility index (Phi) is 5.57. The zero-order chi connectivity index (χ0) is 20.3. The number of carbonyl (C=O) groups is 1. The monoisotopic (exact) mass is 395 g/mol. The van der Waals surface area contributed by atoms with Gasteiger partial charge >= 0.3 is 0 Å². The molecule has 0 aliphatic rings. The van der Waals surface area contributed by atoms with Crippen LogP contribution in [0.1, 0.15) is 41.5 Å². The number of anilines is 2. The van der Waals surface area contributed by atoms with Crippen molar-refractivity contribution >= 4 is 40.0 Å². The molecule has 3 aromatic rings. The summed E-state index contributed by atoms with van der Waals surface area (Å²) in [5.74, 6) is 0.0966. The van der Waals surface area contributed by atoms with Gasteiger partial charge in [0.1, 0.15) is 29.6 Å². The summed E-state index contributed by atoms with van der Waals surface area (Å²) in [4.78, 5) is 25.2. The number of amides is 1. The van der Waals surface area contributed by atoms with Crippen LogP contribution in [0.25, 0.3) is 10.9 Å². The first kappa shape index (κ1) is 19.3. The van der Waals surface area contributed by atoms with Crippen molar-refractivity contribution in [2.45, 2.75) is 19.9 Å². The van der Waals surface area contributed by atoms with E-state index in [1.807, 2.05) is 26.0 Å². The highest BCUT2D eigenvalue weighted by atomic mass is 35.5. The fourth-order valence-electron chi connectivity index (χ4n) is 2.84. The minimum absolute atomic E-state index is 0.0747. The number of hydrogen-bond acceptors (Lipinski definition) is 7. The van der Waals surface area contributed by atoms with Crippen LogP contribution in [-0.2, 0) is 0 Å². The number of rotatable bonds is 5. The molecule has 1 aromatic carbocycles. The molecule has 2 aromatic heterocycles. The molecule has 0 saturated carbocycles. The molecule has 9 heteroatoms. The van der Waals surface area contributed by atoms with Crippen LogP contribution in [0.3, 0.4) is 0 Å². The molecule has 1 amide bonds. The molecule has 0 radical (unpaired) electrons. The molecule has 142 valence electrons. The van der Waals surface area contributed by atoms with E-state index in [-0.39, 0.29) is 23.1 Å². The fourth-order valence-corrected chi connectivity index (χ4v) is 3.06. The van der Waals surface area contributed by atoms with E-state index in [0.717, 1.165) is 5.39 Å². The molecule has 1 atom stereocenters. The van der Waals surface area contributed by atoms with Gasteiger partial charge in [0.25, 0.3) is 5.91 Å². The number of carbonyl (C=O) groups excluding carboxylic acids is 1. The number of aromatic nitrogens is 3. The number of para-hydroxylation sites is 1. The average molecular weight is 396 g/mol. The molecular formula is C19H18ClN7O. The van der Waals surface area contributed by atoms with E-state index in [2.05, 4.69) is 25.6 Å². The number of pyridine rings is 1. The Balaban J connectivity index is 2.11. The maximum Gasteiger partial charge on any atom is 0.253 e. The molecule has 28 heavy (non-hydrogen) atoms. The maximum absolute atomic E-state index is 12.6. The molecule has 4 N–H and O–H groups in total. The number of nitrogens with zero attached hydrogens (tertiary/aromatic N) is 4. The zero-order valence-corrected chi connectivity index (χ0v) is 16.1. The summed E-state index contributed by atoms with van der Waals surface area (Å²) in [5.41, 5.74) is 7.36. The normalized spacial score (nSPS) is 11.6. The summed E-state index contributed by atoms with van der Waals surface area (Å²) in [5, 5.41) is 16.5. The van der Waals surface area contributed by atoms with Gasteiger partial charge in [0.15, 0.2) is 0 Å². The van der Waals surface area contributed by atoms with Gasteiger partial charge in [0.05, 0.1) is 27.8 Å². The lowest BCUT2D eigenvalue weighted by atomic mass is 10.0. The van der Waals surface area contributed by atoms with Crippen LogP contribution in [0.5, 0.6) is 0 Å². The smallest absolute Gasteiger partial charge is 0.253 e. The van der Waals surface area contributed by atoms with Crippen molar-refractivity contribution in [1.29, 1.82) is 5.26 Å². The second-order valence-corrected chi connectivity index (χ2v) is 6.46. The molecule has 0 bridgehead atoms. The fraction of sp³-hybridized carbons (Fsp3) is 0.211. The Bertz CT molecular complexity index is 1090. The van der Waals surface area contributed by atoms with Crippen LogP contribution >= 0.6 is 11.6 Å². The first-order valence-corrected chi connectivity index (χ1v) is 8.98. The molecule has 0 aliphatic carbocycles. The van der Waals surface area contributed by atoms with Crippen molar-refractivity contribution in [2.75, 3.05) is 17.6 Å². The molecule has 8 nitrogen and oxygen atoms in total. The zero-order valence-electron chi connectivity index (χ0n) is 15.3. The predicted octanol–water partition coefficient (Wildman–Crippen LogP) is 3.05. The summed E-state index contributed by atoms with van der Waals surface area (Å²) >= 11 is 6.29. The lowest BCUT2D eigenvalue weighted by Gasteiger charge is -2.19. The molecule has 0 spiro atoms.